The standard InChI is InChI=1S/C14H11ClFN3O/c1-9-8-12(15)18-14(17-9)19-13(20)7-4-10-2-5-11(16)6-3-10/h2-8H,1H3,(H,17,18,19,20)/b7-4+. The van der Waals surface area contributed by atoms with Crippen LogP contribution in [0, 0.1) is 12.7 Å². The molecular formula is C14H11ClFN3O. The molecule has 0 aliphatic heterocycles. The Hall–Kier alpha value is -2.27. The highest BCUT2D eigenvalue weighted by molar-refractivity contribution is 6.29. The molecule has 1 aromatic heterocycles. The Bertz CT molecular complexity index is 636. The number of carbonyl (C=O) groups excluding carboxylic acids is 1. The van der Waals surface area contributed by atoms with Gasteiger partial charge in [-0.25, -0.2) is 14.4 Å². The number of anilines is 1. The van der Waals surface area contributed by atoms with Crippen LogP contribution in [-0.4, -0.2) is 15.9 Å². The highest BCUT2D eigenvalue weighted by Gasteiger charge is 2.03. The molecule has 0 saturated carbocycles. The number of halogens is 2. The van der Waals surface area contributed by atoms with E-state index in [2.05, 4.69) is 15.3 Å². The maximum absolute atomic E-state index is 12.7. The molecule has 102 valence electrons. The van der Waals surface area contributed by atoms with Gasteiger partial charge in [0.2, 0.25) is 5.95 Å². The van der Waals surface area contributed by atoms with Crippen molar-refractivity contribution >= 4 is 29.5 Å². The van der Waals surface area contributed by atoms with E-state index >= 15 is 0 Å². The fourth-order valence-corrected chi connectivity index (χ4v) is 1.72. The summed E-state index contributed by atoms with van der Waals surface area (Å²) in [5, 5.41) is 2.76. The van der Waals surface area contributed by atoms with E-state index in [0.29, 0.717) is 11.3 Å². The van der Waals surface area contributed by atoms with Crippen LogP contribution in [-0.2, 0) is 4.79 Å². The SMILES string of the molecule is Cc1cc(Cl)nc(NC(=O)/C=C/c2ccc(F)cc2)n1. The first-order chi connectivity index (χ1) is 9.52. The van der Waals surface area contributed by atoms with Crippen molar-refractivity contribution in [2.45, 2.75) is 6.92 Å². The van der Waals surface area contributed by atoms with Crippen LogP contribution in [0.1, 0.15) is 11.3 Å². The molecule has 0 radical (unpaired) electrons. The predicted octanol–water partition coefficient (Wildman–Crippen LogP) is 3.23. The summed E-state index contributed by atoms with van der Waals surface area (Å²) in [6.07, 6.45) is 2.87. The molecular weight excluding hydrogens is 281 g/mol. The van der Waals surface area contributed by atoms with Gasteiger partial charge < -0.3 is 0 Å². The van der Waals surface area contributed by atoms with Gasteiger partial charge in [-0.2, -0.15) is 0 Å². The summed E-state index contributed by atoms with van der Waals surface area (Å²) < 4.78 is 12.7. The molecule has 1 aromatic carbocycles. The smallest absolute Gasteiger partial charge is 0.250 e. The molecule has 1 heterocycles. The van der Waals surface area contributed by atoms with E-state index in [1.54, 1.807) is 31.2 Å². The predicted molar refractivity (Wildman–Crippen MR) is 75.8 cm³/mol. The fourth-order valence-electron chi connectivity index (χ4n) is 1.48. The fraction of sp³-hybridized carbons (Fsp3) is 0.0714. The third kappa shape index (κ3) is 4.13. The zero-order valence-corrected chi connectivity index (χ0v) is 11.4. The Morgan fingerprint density at radius 1 is 1.30 bits per heavy atom. The molecule has 1 amide bonds. The van der Waals surface area contributed by atoms with E-state index in [-0.39, 0.29) is 16.9 Å². The molecule has 0 saturated heterocycles. The molecule has 0 fully saturated rings. The van der Waals surface area contributed by atoms with Crippen molar-refractivity contribution in [2.24, 2.45) is 0 Å². The van der Waals surface area contributed by atoms with Crippen molar-refractivity contribution in [3.05, 3.63) is 58.6 Å². The lowest BCUT2D eigenvalue weighted by molar-refractivity contribution is -0.111. The number of benzene rings is 1. The molecule has 0 unspecified atom stereocenters. The topological polar surface area (TPSA) is 54.9 Å². The molecule has 0 aliphatic carbocycles. The summed E-state index contributed by atoms with van der Waals surface area (Å²) in [6, 6.07) is 7.37. The Morgan fingerprint density at radius 3 is 2.65 bits per heavy atom. The van der Waals surface area contributed by atoms with Crippen LogP contribution in [0.4, 0.5) is 10.3 Å². The molecule has 2 aromatic rings. The highest BCUT2D eigenvalue weighted by Crippen LogP contribution is 2.10. The quantitative estimate of drug-likeness (QED) is 0.698. The molecule has 20 heavy (non-hydrogen) atoms. The van der Waals surface area contributed by atoms with Crippen molar-refractivity contribution in [3.8, 4) is 0 Å². The number of aryl methyl sites for hydroxylation is 1. The lowest BCUT2D eigenvalue weighted by Gasteiger charge is -2.02. The maximum Gasteiger partial charge on any atom is 0.250 e. The van der Waals surface area contributed by atoms with Gasteiger partial charge in [0.05, 0.1) is 0 Å². The maximum atomic E-state index is 12.7. The molecule has 0 atom stereocenters. The lowest BCUT2D eigenvalue weighted by atomic mass is 10.2. The largest absolute Gasteiger partial charge is 0.291 e. The minimum atomic E-state index is -0.393. The third-order valence-corrected chi connectivity index (χ3v) is 2.55. The average Bonchev–Trinajstić information content (AvgIpc) is 2.37. The second kappa shape index (κ2) is 6.25. The van der Waals surface area contributed by atoms with Crippen molar-refractivity contribution < 1.29 is 9.18 Å². The molecule has 2 rings (SSSR count). The molecule has 0 aliphatic rings. The molecule has 6 heteroatoms. The zero-order chi connectivity index (χ0) is 14.5. The highest BCUT2D eigenvalue weighted by atomic mass is 35.5. The number of nitrogens with zero attached hydrogens (tertiary/aromatic N) is 2. The zero-order valence-electron chi connectivity index (χ0n) is 10.6. The van der Waals surface area contributed by atoms with Crippen LogP contribution >= 0.6 is 11.6 Å². The number of hydrogen-bond acceptors (Lipinski definition) is 3. The van der Waals surface area contributed by atoms with Gasteiger partial charge in [0.25, 0.3) is 5.91 Å². The minimum absolute atomic E-state index is 0.142. The van der Waals surface area contributed by atoms with Gasteiger partial charge in [-0.1, -0.05) is 23.7 Å². The third-order valence-electron chi connectivity index (χ3n) is 2.36. The minimum Gasteiger partial charge on any atom is -0.291 e. The van der Waals surface area contributed by atoms with Gasteiger partial charge >= 0.3 is 0 Å². The average molecular weight is 292 g/mol. The Kier molecular flexibility index (Phi) is 4.42. The Morgan fingerprint density at radius 2 is 2.00 bits per heavy atom. The van der Waals surface area contributed by atoms with Gasteiger partial charge in [0.1, 0.15) is 11.0 Å². The number of amides is 1. The number of carbonyl (C=O) groups is 1. The van der Waals surface area contributed by atoms with Gasteiger partial charge in [0, 0.05) is 11.8 Å². The van der Waals surface area contributed by atoms with Gasteiger partial charge in [0.15, 0.2) is 0 Å². The second-order valence-electron chi connectivity index (χ2n) is 4.03. The summed E-state index contributed by atoms with van der Waals surface area (Å²) in [5.41, 5.74) is 1.37. The number of rotatable bonds is 3. The number of nitrogens with one attached hydrogen (secondary N) is 1. The monoisotopic (exact) mass is 291 g/mol. The van der Waals surface area contributed by atoms with Gasteiger partial charge in [-0.15, -0.1) is 0 Å². The molecule has 0 bridgehead atoms. The van der Waals surface area contributed by atoms with E-state index < -0.39 is 5.91 Å². The van der Waals surface area contributed by atoms with E-state index in [0.717, 1.165) is 0 Å². The molecule has 4 nitrogen and oxygen atoms in total. The van der Waals surface area contributed by atoms with E-state index in [9.17, 15) is 9.18 Å². The van der Waals surface area contributed by atoms with E-state index in [1.807, 2.05) is 0 Å². The van der Waals surface area contributed by atoms with Gasteiger partial charge in [-0.3, -0.25) is 10.1 Å². The van der Waals surface area contributed by atoms with Crippen molar-refractivity contribution in [1.82, 2.24) is 9.97 Å². The molecule has 0 spiro atoms. The summed E-state index contributed by atoms with van der Waals surface area (Å²) in [5.74, 6) is -0.575. The van der Waals surface area contributed by atoms with Crippen molar-refractivity contribution in [3.63, 3.8) is 0 Å². The summed E-state index contributed by atoms with van der Waals surface area (Å²) in [4.78, 5) is 19.6. The normalized spacial score (nSPS) is 10.8. The van der Waals surface area contributed by atoms with Crippen LogP contribution in [0.25, 0.3) is 6.08 Å². The summed E-state index contributed by atoms with van der Waals surface area (Å²) in [6.45, 7) is 1.75. The van der Waals surface area contributed by atoms with Crippen LogP contribution in [0.2, 0.25) is 5.15 Å². The summed E-state index contributed by atoms with van der Waals surface area (Å²) >= 11 is 5.77. The van der Waals surface area contributed by atoms with Crippen LogP contribution in [0.5, 0.6) is 0 Å². The summed E-state index contributed by atoms with van der Waals surface area (Å²) in [7, 11) is 0. The Balaban J connectivity index is 2.03. The first kappa shape index (κ1) is 14.1. The lowest BCUT2D eigenvalue weighted by Crippen LogP contribution is -2.11. The van der Waals surface area contributed by atoms with Crippen LogP contribution in [0.15, 0.2) is 36.4 Å². The van der Waals surface area contributed by atoms with E-state index in [4.69, 9.17) is 11.6 Å². The Labute approximate surface area is 120 Å². The van der Waals surface area contributed by atoms with E-state index in [1.165, 1.54) is 18.2 Å². The number of aromatic nitrogens is 2. The van der Waals surface area contributed by atoms with Gasteiger partial charge in [-0.05, 0) is 36.8 Å². The van der Waals surface area contributed by atoms with Crippen LogP contribution in [0.3, 0.4) is 0 Å². The second-order valence-corrected chi connectivity index (χ2v) is 4.42. The van der Waals surface area contributed by atoms with Crippen LogP contribution < -0.4 is 5.32 Å². The molecule has 1 N–H and O–H groups in total. The van der Waals surface area contributed by atoms with Crippen molar-refractivity contribution in [2.75, 3.05) is 5.32 Å². The number of hydrogen-bond donors (Lipinski definition) is 1. The first-order valence-electron chi connectivity index (χ1n) is 5.79. The van der Waals surface area contributed by atoms with Crippen molar-refractivity contribution in [1.29, 1.82) is 0 Å². The first-order valence-corrected chi connectivity index (χ1v) is 6.16.